The van der Waals surface area contributed by atoms with E-state index >= 15 is 0 Å². The fraction of sp³-hybridized carbons (Fsp3) is 0.312. The molecule has 1 saturated heterocycles. The van der Waals surface area contributed by atoms with Crippen LogP contribution in [0, 0.1) is 0 Å². The molecule has 25 heavy (non-hydrogen) atoms. The number of piperazine rings is 1. The van der Waals surface area contributed by atoms with E-state index in [2.05, 4.69) is 32.5 Å². The molecule has 0 bridgehead atoms. The van der Waals surface area contributed by atoms with Crippen LogP contribution in [-0.4, -0.2) is 51.5 Å². The van der Waals surface area contributed by atoms with Gasteiger partial charge in [-0.25, -0.2) is 4.68 Å². The van der Waals surface area contributed by atoms with Crippen molar-refractivity contribution in [1.29, 1.82) is 0 Å². The van der Waals surface area contributed by atoms with E-state index < -0.39 is 0 Å². The molecule has 2 aromatic heterocycles. The lowest BCUT2D eigenvalue weighted by molar-refractivity contribution is 0.190. The normalized spacial score (nSPS) is 18.1. The van der Waals surface area contributed by atoms with Gasteiger partial charge in [-0.3, -0.25) is 4.90 Å². The fourth-order valence-electron chi connectivity index (χ4n) is 2.77. The van der Waals surface area contributed by atoms with E-state index in [1.54, 1.807) is 10.9 Å². The summed E-state index contributed by atoms with van der Waals surface area (Å²) >= 11 is 6.03. The van der Waals surface area contributed by atoms with Gasteiger partial charge in [0.2, 0.25) is 0 Å². The molecule has 3 aromatic rings. The molecule has 0 radical (unpaired) electrons. The molecule has 1 aliphatic rings. The summed E-state index contributed by atoms with van der Waals surface area (Å²) in [5.74, 6) is 1.16. The molecule has 9 heteroatoms. The van der Waals surface area contributed by atoms with Crippen LogP contribution in [0.3, 0.4) is 0 Å². The molecule has 1 fully saturated rings. The zero-order valence-electron chi connectivity index (χ0n) is 13.6. The monoisotopic (exact) mass is 380 g/mol. The third-order valence-electron chi connectivity index (χ3n) is 4.15. The van der Waals surface area contributed by atoms with Crippen LogP contribution in [0.5, 0.6) is 0 Å². The zero-order chi connectivity index (χ0) is 16.5. The van der Waals surface area contributed by atoms with E-state index in [4.69, 9.17) is 16.1 Å². The van der Waals surface area contributed by atoms with Gasteiger partial charge in [0.1, 0.15) is 0 Å². The van der Waals surface area contributed by atoms with Crippen molar-refractivity contribution in [2.24, 2.45) is 0 Å². The third-order valence-corrected chi connectivity index (χ3v) is 4.39. The van der Waals surface area contributed by atoms with Crippen molar-refractivity contribution in [2.75, 3.05) is 26.7 Å². The van der Waals surface area contributed by atoms with Crippen LogP contribution in [0.15, 0.2) is 41.2 Å². The quantitative estimate of drug-likeness (QED) is 0.752. The number of nitrogens with one attached hydrogen (secondary N) is 1. The predicted molar refractivity (Wildman–Crippen MR) is 97.4 cm³/mol. The molecule has 0 saturated carbocycles. The summed E-state index contributed by atoms with van der Waals surface area (Å²) in [6.45, 7) is 2.75. The van der Waals surface area contributed by atoms with E-state index in [1.807, 2.05) is 30.5 Å². The highest BCUT2D eigenvalue weighted by molar-refractivity contribution is 6.30. The van der Waals surface area contributed by atoms with Crippen molar-refractivity contribution in [3.05, 3.63) is 47.5 Å². The number of likely N-dealkylation sites (N-methyl/N-ethyl adjacent to an activating group) is 1. The molecule has 132 valence electrons. The Labute approximate surface area is 156 Å². The Kier molecular flexibility index (Phi) is 5.39. The second-order valence-electron chi connectivity index (χ2n) is 5.81. The molecule has 1 N–H and O–H groups in total. The molecule has 4 rings (SSSR count). The minimum absolute atomic E-state index is 0. The van der Waals surface area contributed by atoms with E-state index in [0.717, 1.165) is 30.9 Å². The van der Waals surface area contributed by atoms with Crippen LogP contribution in [0.1, 0.15) is 11.9 Å². The van der Waals surface area contributed by atoms with Crippen molar-refractivity contribution < 1.29 is 4.52 Å². The first-order chi connectivity index (χ1) is 11.7. The predicted octanol–water partition coefficient (Wildman–Crippen LogP) is 2.57. The van der Waals surface area contributed by atoms with Crippen LogP contribution in [0.2, 0.25) is 5.02 Å². The average molecular weight is 381 g/mol. The highest BCUT2D eigenvalue weighted by Gasteiger charge is 2.25. The van der Waals surface area contributed by atoms with E-state index in [-0.39, 0.29) is 18.4 Å². The molecule has 0 amide bonds. The molecule has 7 nitrogen and oxygen atoms in total. The summed E-state index contributed by atoms with van der Waals surface area (Å²) < 4.78 is 7.17. The summed E-state index contributed by atoms with van der Waals surface area (Å²) in [6, 6.07) is 7.62. The average Bonchev–Trinajstić information content (AvgIpc) is 3.25. The van der Waals surface area contributed by atoms with Gasteiger partial charge in [-0.2, -0.15) is 10.1 Å². The number of hydrogen-bond acceptors (Lipinski definition) is 6. The molecular weight excluding hydrogens is 363 g/mol. The first-order valence-corrected chi connectivity index (χ1v) is 8.14. The Bertz CT molecular complexity index is 849. The fourth-order valence-corrected chi connectivity index (χ4v) is 2.96. The maximum absolute atomic E-state index is 6.03. The molecular formula is C16H18Cl2N6O. The van der Waals surface area contributed by atoms with Crippen molar-refractivity contribution in [3.8, 4) is 17.1 Å². The van der Waals surface area contributed by atoms with E-state index in [9.17, 15) is 0 Å². The summed E-state index contributed by atoms with van der Waals surface area (Å²) in [5, 5.41) is 12.5. The van der Waals surface area contributed by atoms with Crippen molar-refractivity contribution >= 4 is 24.0 Å². The largest absolute Gasteiger partial charge is 0.334 e. The van der Waals surface area contributed by atoms with Gasteiger partial charge in [-0.15, -0.1) is 12.4 Å². The van der Waals surface area contributed by atoms with Crippen LogP contribution in [0.4, 0.5) is 0 Å². The summed E-state index contributed by atoms with van der Waals surface area (Å²) in [7, 11) is 2.07. The number of benzene rings is 1. The van der Waals surface area contributed by atoms with Crippen LogP contribution in [0.25, 0.3) is 17.1 Å². The maximum atomic E-state index is 6.03. The van der Waals surface area contributed by atoms with Crippen LogP contribution < -0.4 is 5.32 Å². The first kappa shape index (κ1) is 17.9. The number of hydrogen-bond donors (Lipinski definition) is 1. The Morgan fingerprint density at radius 1 is 1.36 bits per heavy atom. The van der Waals surface area contributed by atoms with Gasteiger partial charge in [0.15, 0.2) is 5.82 Å². The number of halogens is 2. The number of rotatable bonds is 3. The lowest BCUT2D eigenvalue weighted by Crippen LogP contribution is -2.44. The highest BCUT2D eigenvalue weighted by atomic mass is 35.5. The molecule has 1 unspecified atom stereocenters. The topological polar surface area (TPSA) is 72.0 Å². The van der Waals surface area contributed by atoms with Gasteiger partial charge >= 0.3 is 0 Å². The Morgan fingerprint density at radius 3 is 3.04 bits per heavy atom. The lowest BCUT2D eigenvalue weighted by Gasteiger charge is -2.30. The van der Waals surface area contributed by atoms with Gasteiger partial charge in [-0.05, 0) is 25.2 Å². The van der Waals surface area contributed by atoms with E-state index in [0.29, 0.717) is 16.7 Å². The molecule has 0 spiro atoms. The van der Waals surface area contributed by atoms with Gasteiger partial charge < -0.3 is 9.84 Å². The smallest absolute Gasteiger partial charge is 0.261 e. The number of nitrogens with zero attached hydrogens (tertiary/aromatic N) is 5. The zero-order valence-corrected chi connectivity index (χ0v) is 15.2. The van der Waals surface area contributed by atoms with Gasteiger partial charge in [0.05, 0.1) is 23.5 Å². The molecule has 0 aliphatic carbocycles. The van der Waals surface area contributed by atoms with Crippen molar-refractivity contribution in [2.45, 2.75) is 6.04 Å². The summed E-state index contributed by atoms with van der Waals surface area (Å²) in [6.07, 6.45) is 3.56. The summed E-state index contributed by atoms with van der Waals surface area (Å²) in [4.78, 5) is 6.76. The van der Waals surface area contributed by atoms with Crippen LogP contribution in [-0.2, 0) is 0 Å². The standard InChI is InChI=1S/C16H17ClN6O.ClH/c1-22-6-5-18-9-14(22)15-20-16(24-21-15)11-8-19-23(10-11)13-4-2-3-12(17)7-13;/h2-4,7-8,10,14,18H,5-6,9H2,1H3;1H. The third kappa shape index (κ3) is 3.69. The van der Waals surface area contributed by atoms with Gasteiger partial charge in [-0.1, -0.05) is 22.8 Å². The van der Waals surface area contributed by atoms with Gasteiger partial charge in [0.25, 0.3) is 5.89 Å². The summed E-state index contributed by atoms with van der Waals surface area (Å²) in [5.41, 5.74) is 1.66. The minimum atomic E-state index is 0. The maximum Gasteiger partial charge on any atom is 0.261 e. The number of aromatic nitrogens is 4. The second kappa shape index (κ2) is 7.53. The van der Waals surface area contributed by atoms with Crippen molar-refractivity contribution in [1.82, 2.24) is 30.1 Å². The Balaban J connectivity index is 0.00000182. The molecule has 3 heterocycles. The molecule has 1 aliphatic heterocycles. The van der Waals surface area contributed by atoms with Crippen molar-refractivity contribution in [3.63, 3.8) is 0 Å². The lowest BCUT2D eigenvalue weighted by atomic mass is 10.2. The molecule has 1 aromatic carbocycles. The Hall–Kier alpha value is -1.93. The minimum Gasteiger partial charge on any atom is -0.334 e. The van der Waals surface area contributed by atoms with Gasteiger partial charge in [0, 0.05) is 30.9 Å². The molecule has 1 atom stereocenters. The highest BCUT2D eigenvalue weighted by Crippen LogP contribution is 2.23. The van der Waals surface area contributed by atoms with Crippen LogP contribution >= 0.6 is 24.0 Å². The Morgan fingerprint density at radius 2 is 2.24 bits per heavy atom. The second-order valence-corrected chi connectivity index (χ2v) is 6.25. The SMILES string of the molecule is CN1CCNCC1c1noc(-c2cnn(-c3cccc(Cl)c3)c2)n1.Cl. The first-order valence-electron chi connectivity index (χ1n) is 7.76. The van der Waals surface area contributed by atoms with E-state index in [1.165, 1.54) is 0 Å².